The number of hydrogen-bond donors (Lipinski definition) is 2. The number of anilines is 2. The average molecular weight is 446 g/mol. The molecule has 11 heteroatoms. The molecule has 0 fully saturated rings. The lowest BCUT2D eigenvalue weighted by Gasteiger charge is -2.13. The summed E-state index contributed by atoms with van der Waals surface area (Å²) in [5.41, 5.74) is 3.55. The second-order valence-electron chi connectivity index (χ2n) is 6.05. The van der Waals surface area contributed by atoms with Crippen molar-refractivity contribution in [3.8, 4) is 0 Å². The molecule has 0 saturated carbocycles. The zero-order valence-electron chi connectivity index (χ0n) is 15.6. The minimum atomic E-state index is -4.22. The largest absolute Gasteiger partial charge is 0.278 e. The first kappa shape index (κ1) is 21.2. The summed E-state index contributed by atoms with van der Waals surface area (Å²) in [5.74, 6) is 0. The number of hydrazone groups is 1. The molecule has 0 amide bonds. The van der Waals surface area contributed by atoms with E-state index < -0.39 is 14.9 Å². The second kappa shape index (κ2) is 8.89. The molecule has 0 saturated heterocycles. The molecule has 0 spiro atoms. The van der Waals surface area contributed by atoms with E-state index in [0.29, 0.717) is 11.4 Å². The quantitative estimate of drug-likeness (QED) is 0.317. The lowest BCUT2D eigenvalue weighted by Crippen LogP contribution is -2.15. The van der Waals surface area contributed by atoms with E-state index in [4.69, 9.17) is 11.6 Å². The molecule has 2 aromatic carbocycles. The topological polar surface area (TPSA) is 127 Å². The van der Waals surface area contributed by atoms with Crippen LogP contribution in [0, 0.1) is 10.1 Å². The summed E-state index contributed by atoms with van der Waals surface area (Å²) in [6.45, 7) is 1.69. The number of rotatable bonds is 7. The number of pyridine rings is 1. The standard InChI is InChI=1S/C19H16ClN5O4S/c1-13(16-7-4-5-11-21-16)22-23-18-10-9-14(25(26)27)12-19(18)30(28,29)24-17-8-3-2-6-15(17)20/h2-12,23-24H,1H3. The minimum Gasteiger partial charge on any atom is -0.278 e. The Labute approximate surface area is 177 Å². The number of hydrogen-bond acceptors (Lipinski definition) is 7. The maximum absolute atomic E-state index is 13.0. The zero-order valence-corrected chi connectivity index (χ0v) is 17.2. The van der Waals surface area contributed by atoms with Crippen molar-refractivity contribution in [2.45, 2.75) is 11.8 Å². The van der Waals surface area contributed by atoms with Gasteiger partial charge in [-0.2, -0.15) is 5.10 Å². The number of sulfonamides is 1. The molecule has 1 heterocycles. The summed E-state index contributed by atoms with van der Waals surface area (Å²) < 4.78 is 28.3. The monoisotopic (exact) mass is 445 g/mol. The number of aromatic nitrogens is 1. The molecule has 9 nitrogen and oxygen atoms in total. The second-order valence-corrected chi connectivity index (χ2v) is 8.10. The molecule has 3 aromatic rings. The van der Waals surface area contributed by atoms with Crippen molar-refractivity contribution in [2.24, 2.45) is 5.10 Å². The number of para-hydroxylation sites is 1. The van der Waals surface area contributed by atoms with Gasteiger partial charge < -0.3 is 0 Å². The number of halogens is 1. The van der Waals surface area contributed by atoms with Crippen molar-refractivity contribution in [1.82, 2.24) is 4.98 Å². The summed E-state index contributed by atoms with van der Waals surface area (Å²) in [7, 11) is -4.22. The van der Waals surface area contributed by atoms with Crippen LogP contribution in [-0.4, -0.2) is 24.0 Å². The van der Waals surface area contributed by atoms with E-state index in [2.05, 4.69) is 20.2 Å². The maximum atomic E-state index is 13.0. The van der Waals surface area contributed by atoms with Crippen molar-refractivity contribution in [1.29, 1.82) is 0 Å². The van der Waals surface area contributed by atoms with Gasteiger partial charge in [0, 0.05) is 18.3 Å². The highest BCUT2D eigenvalue weighted by Gasteiger charge is 2.23. The third-order valence-electron chi connectivity index (χ3n) is 3.96. The number of nitrogens with zero attached hydrogens (tertiary/aromatic N) is 3. The van der Waals surface area contributed by atoms with Crippen LogP contribution in [0.1, 0.15) is 12.6 Å². The fraction of sp³-hybridized carbons (Fsp3) is 0.0526. The van der Waals surface area contributed by atoms with Gasteiger partial charge in [-0.3, -0.25) is 25.2 Å². The first-order chi connectivity index (χ1) is 14.3. The zero-order chi connectivity index (χ0) is 21.7. The molecule has 2 N–H and O–H groups in total. The molecule has 30 heavy (non-hydrogen) atoms. The molecule has 154 valence electrons. The Balaban J connectivity index is 2.00. The molecule has 0 aliphatic heterocycles. The molecular weight excluding hydrogens is 430 g/mol. The Bertz CT molecular complexity index is 1220. The maximum Gasteiger partial charge on any atom is 0.270 e. The molecule has 3 rings (SSSR count). The Morgan fingerprint density at radius 2 is 1.83 bits per heavy atom. The first-order valence-electron chi connectivity index (χ1n) is 8.55. The number of non-ortho nitro benzene ring substituents is 1. The molecule has 0 aliphatic rings. The molecule has 0 unspecified atom stereocenters. The number of nitrogens with one attached hydrogen (secondary N) is 2. The van der Waals surface area contributed by atoms with Gasteiger partial charge in [-0.25, -0.2) is 8.42 Å². The Kier molecular flexibility index (Phi) is 6.28. The van der Waals surface area contributed by atoms with E-state index in [1.54, 1.807) is 43.5 Å². The summed E-state index contributed by atoms with van der Waals surface area (Å²) in [6, 6.07) is 15.0. The smallest absolute Gasteiger partial charge is 0.270 e. The predicted molar refractivity (Wildman–Crippen MR) is 115 cm³/mol. The molecule has 0 radical (unpaired) electrons. The molecule has 0 bridgehead atoms. The molecule has 1 aromatic heterocycles. The van der Waals surface area contributed by atoms with Crippen LogP contribution in [0.3, 0.4) is 0 Å². The van der Waals surface area contributed by atoms with E-state index in [0.717, 1.165) is 6.07 Å². The number of benzene rings is 2. The lowest BCUT2D eigenvalue weighted by molar-refractivity contribution is -0.385. The fourth-order valence-corrected chi connectivity index (χ4v) is 3.96. The van der Waals surface area contributed by atoms with Crippen LogP contribution in [0.2, 0.25) is 5.02 Å². The average Bonchev–Trinajstić information content (AvgIpc) is 2.74. The number of nitro benzene ring substituents is 1. The summed E-state index contributed by atoms with van der Waals surface area (Å²) in [6.07, 6.45) is 1.60. The van der Waals surface area contributed by atoms with Crippen LogP contribution in [-0.2, 0) is 10.0 Å². The third kappa shape index (κ3) is 4.91. The summed E-state index contributed by atoms with van der Waals surface area (Å²) in [4.78, 5) is 14.3. The van der Waals surface area contributed by atoms with Gasteiger partial charge in [-0.15, -0.1) is 0 Å². The van der Waals surface area contributed by atoms with E-state index >= 15 is 0 Å². The van der Waals surface area contributed by atoms with Gasteiger partial charge in [0.2, 0.25) is 0 Å². The first-order valence-corrected chi connectivity index (χ1v) is 10.4. The normalized spacial score (nSPS) is 11.7. The number of nitro groups is 1. The Morgan fingerprint density at radius 3 is 2.50 bits per heavy atom. The van der Waals surface area contributed by atoms with Gasteiger partial charge in [0.05, 0.1) is 32.7 Å². The minimum absolute atomic E-state index is 0.0513. The molecular formula is C19H16ClN5O4S. The van der Waals surface area contributed by atoms with E-state index in [1.165, 1.54) is 24.3 Å². The third-order valence-corrected chi connectivity index (χ3v) is 5.70. The van der Waals surface area contributed by atoms with Crippen molar-refractivity contribution >= 4 is 44.4 Å². The van der Waals surface area contributed by atoms with Crippen molar-refractivity contribution in [3.63, 3.8) is 0 Å². The van der Waals surface area contributed by atoms with E-state index in [1.807, 2.05) is 0 Å². The van der Waals surface area contributed by atoms with Crippen LogP contribution in [0.4, 0.5) is 17.1 Å². The van der Waals surface area contributed by atoms with Gasteiger partial charge in [0.1, 0.15) is 4.90 Å². The molecule has 0 atom stereocenters. The predicted octanol–water partition coefficient (Wildman–Crippen LogP) is 4.28. The van der Waals surface area contributed by atoms with Gasteiger partial charge in [0.15, 0.2) is 0 Å². The Morgan fingerprint density at radius 1 is 1.10 bits per heavy atom. The van der Waals surface area contributed by atoms with Crippen LogP contribution < -0.4 is 10.1 Å². The van der Waals surface area contributed by atoms with Crippen molar-refractivity contribution in [2.75, 3.05) is 10.1 Å². The van der Waals surface area contributed by atoms with Crippen LogP contribution in [0.25, 0.3) is 0 Å². The van der Waals surface area contributed by atoms with Gasteiger partial charge in [-0.1, -0.05) is 29.8 Å². The SMILES string of the molecule is CC(=NNc1ccc([N+](=O)[O-])cc1S(=O)(=O)Nc1ccccc1Cl)c1ccccn1. The highest BCUT2D eigenvalue weighted by molar-refractivity contribution is 7.93. The van der Waals surface area contributed by atoms with Crippen LogP contribution in [0.5, 0.6) is 0 Å². The van der Waals surface area contributed by atoms with Gasteiger partial charge in [0.25, 0.3) is 15.7 Å². The summed E-state index contributed by atoms with van der Waals surface area (Å²) >= 11 is 6.03. The van der Waals surface area contributed by atoms with Gasteiger partial charge in [-0.05, 0) is 37.3 Å². The van der Waals surface area contributed by atoms with Gasteiger partial charge >= 0.3 is 0 Å². The highest BCUT2D eigenvalue weighted by atomic mass is 35.5. The van der Waals surface area contributed by atoms with E-state index in [-0.39, 0.29) is 27.0 Å². The van der Waals surface area contributed by atoms with Crippen molar-refractivity contribution < 1.29 is 13.3 Å². The van der Waals surface area contributed by atoms with Crippen LogP contribution >= 0.6 is 11.6 Å². The lowest BCUT2D eigenvalue weighted by atomic mass is 10.2. The summed E-state index contributed by atoms with van der Waals surface area (Å²) in [5, 5.41) is 15.5. The van der Waals surface area contributed by atoms with E-state index in [9.17, 15) is 18.5 Å². The highest BCUT2D eigenvalue weighted by Crippen LogP contribution is 2.30. The van der Waals surface area contributed by atoms with Crippen molar-refractivity contribution in [3.05, 3.63) is 87.7 Å². The Hall–Kier alpha value is -3.50. The fourth-order valence-electron chi connectivity index (χ4n) is 2.46. The van der Waals surface area contributed by atoms with Crippen LogP contribution in [0.15, 0.2) is 76.9 Å². The molecule has 0 aliphatic carbocycles.